The molecular formula is C14H29F2NO4. The first-order valence-corrected chi connectivity index (χ1v) is 7.55. The molecule has 128 valence electrons. The van der Waals surface area contributed by atoms with Crippen LogP contribution in [0, 0.1) is 0 Å². The van der Waals surface area contributed by atoms with Crippen LogP contribution in [0.4, 0.5) is 8.78 Å². The summed E-state index contributed by atoms with van der Waals surface area (Å²) in [6.45, 7) is 5.38. The lowest BCUT2D eigenvalue weighted by molar-refractivity contribution is 0.00521. The number of hydrogen-bond acceptors (Lipinski definition) is 5. The van der Waals surface area contributed by atoms with E-state index in [1.807, 2.05) is 0 Å². The van der Waals surface area contributed by atoms with E-state index < -0.39 is 6.43 Å². The monoisotopic (exact) mass is 313 g/mol. The summed E-state index contributed by atoms with van der Waals surface area (Å²) in [6, 6.07) is 0. The summed E-state index contributed by atoms with van der Waals surface area (Å²) in [4.78, 5) is 1.48. The Bertz CT molecular complexity index is 211. The maximum absolute atomic E-state index is 12.2. The SMILES string of the molecule is CCCCOCCOCCOCCN(CCO)CC(F)F. The molecule has 0 aromatic rings. The fraction of sp³-hybridized carbons (Fsp3) is 1.00. The van der Waals surface area contributed by atoms with Gasteiger partial charge < -0.3 is 19.3 Å². The standard InChI is InChI=1S/C14H29F2NO4/c1-2-3-7-19-9-11-21-12-10-20-8-5-17(4-6-18)13-14(15)16/h14,18H,2-13H2,1H3. The minimum absolute atomic E-state index is 0.131. The average Bonchev–Trinajstić information content (AvgIpc) is 2.44. The van der Waals surface area contributed by atoms with Crippen molar-refractivity contribution in [3.63, 3.8) is 0 Å². The normalized spacial score (nSPS) is 11.7. The fourth-order valence-corrected chi connectivity index (χ4v) is 1.61. The minimum atomic E-state index is -2.40. The number of aliphatic hydroxyl groups is 1. The van der Waals surface area contributed by atoms with Crippen molar-refractivity contribution >= 4 is 0 Å². The first-order valence-electron chi connectivity index (χ1n) is 7.55. The van der Waals surface area contributed by atoms with E-state index in [9.17, 15) is 8.78 Å². The number of halogens is 2. The van der Waals surface area contributed by atoms with Gasteiger partial charge in [0.2, 0.25) is 0 Å². The van der Waals surface area contributed by atoms with Crippen LogP contribution in [0.3, 0.4) is 0 Å². The van der Waals surface area contributed by atoms with Crippen molar-refractivity contribution in [1.82, 2.24) is 4.90 Å². The van der Waals surface area contributed by atoms with Crippen molar-refractivity contribution in [2.24, 2.45) is 0 Å². The number of rotatable bonds is 16. The van der Waals surface area contributed by atoms with Crippen LogP contribution in [-0.4, -0.2) is 82.3 Å². The largest absolute Gasteiger partial charge is 0.395 e. The molecule has 0 aliphatic rings. The second-order valence-electron chi connectivity index (χ2n) is 4.61. The first kappa shape index (κ1) is 20.7. The topological polar surface area (TPSA) is 51.2 Å². The molecule has 0 atom stereocenters. The molecule has 0 radical (unpaired) electrons. The van der Waals surface area contributed by atoms with E-state index in [0.717, 1.165) is 19.4 Å². The molecule has 0 aromatic carbocycles. The van der Waals surface area contributed by atoms with Crippen LogP contribution in [0.5, 0.6) is 0 Å². The molecule has 0 spiro atoms. The Balaban J connectivity index is 3.29. The molecule has 5 nitrogen and oxygen atoms in total. The molecule has 0 heterocycles. The smallest absolute Gasteiger partial charge is 0.251 e. The summed E-state index contributed by atoms with van der Waals surface area (Å²) in [6.07, 6.45) is -0.216. The molecule has 0 saturated carbocycles. The first-order chi connectivity index (χ1) is 10.2. The molecule has 0 unspecified atom stereocenters. The summed E-state index contributed by atoms with van der Waals surface area (Å²) in [5.74, 6) is 0. The highest BCUT2D eigenvalue weighted by Crippen LogP contribution is 1.97. The third-order valence-corrected chi connectivity index (χ3v) is 2.75. The molecule has 0 aliphatic heterocycles. The number of aliphatic hydroxyl groups excluding tert-OH is 1. The van der Waals surface area contributed by atoms with Gasteiger partial charge in [-0.3, -0.25) is 4.90 Å². The quantitative estimate of drug-likeness (QED) is 0.437. The van der Waals surface area contributed by atoms with Crippen molar-refractivity contribution in [2.45, 2.75) is 26.2 Å². The van der Waals surface area contributed by atoms with Gasteiger partial charge in [0.05, 0.1) is 46.2 Å². The maximum atomic E-state index is 12.2. The highest BCUT2D eigenvalue weighted by atomic mass is 19.3. The average molecular weight is 313 g/mol. The molecule has 7 heteroatoms. The predicted octanol–water partition coefficient (Wildman–Crippen LogP) is 1.40. The van der Waals surface area contributed by atoms with Gasteiger partial charge in [-0.05, 0) is 6.42 Å². The van der Waals surface area contributed by atoms with Crippen LogP contribution in [-0.2, 0) is 14.2 Å². The zero-order chi connectivity index (χ0) is 15.8. The Hall–Kier alpha value is -0.340. The lowest BCUT2D eigenvalue weighted by Gasteiger charge is -2.20. The summed E-state index contributed by atoms with van der Waals surface area (Å²) in [7, 11) is 0. The van der Waals surface area contributed by atoms with E-state index in [-0.39, 0.29) is 19.7 Å². The molecule has 0 saturated heterocycles. The molecular weight excluding hydrogens is 284 g/mol. The summed E-state index contributed by atoms with van der Waals surface area (Å²) in [5, 5.41) is 8.77. The summed E-state index contributed by atoms with van der Waals surface area (Å²) in [5.41, 5.74) is 0. The molecule has 0 fully saturated rings. The lowest BCUT2D eigenvalue weighted by atomic mass is 10.4. The summed E-state index contributed by atoms with van der Waals surface area (Å²) >= 11 is 0. The predicted molar refractivity (Wildman–Crippen MR) is 76.9 cm³/mol. The molecule has 0 amide bonds. The molecule has 21 heavy (non-hydrogen) atoms. The van der Waals surface area contributed by atoms with Crippen molar-refractivity contribution < 1.29 is 28.1 Å². The number of alkyl halides is 2. The Morgan fingerprint density at radius 1 is 0.905 bits per heavy atom. The van der Waals surface area contributed by atoms with Crippen molar-refractivity contribution in [1.29, 1.82) is 0 Å². The summed E-state index contributed by atoms with van der Waals surface area (Å²) < 4.78 is 40.4. The third kappa shape index (κ3) is 15.9. The fourth-order valence-electron chi connectivity index (χ4n) is 1.61. The lowest BCUT2D eigenvalue weighted by Crippen LogP contribution is -2.34. The van der Waals surface area contributed by atoms with E-state index in [1.165, 1.54) is 4.90 Å². The molecule has 0 aromatic heterocycles. The molecule has 0 bridgehead atoms. The van der Waals surface area contributed by atoms with Gasteiger partial charge in [0, 0.05) is 19.7 Å². The van der Waals surface area contributed by atoms with E-state index in [0.29, 0.717) is 39.6 Å². The number of ether oxygens (including phenoxy) is 3. The molecule has 1 N–H and O–H groups in total. The van der Waals surface area contributed by atoms with Gasteiger partial charge in [-0.1, -0.05) is 13.3 Å². The van der Waals surface area contributed by atoms with Gasteiger partial charge in [0.15, 0.2) is 0 Å². The van der Waals surface area contributed by atoms with E-state index >= 15 is 0 Å². The van der Waals surface area contributed by atoms with Gasteiger partial charge in [-0.2, -0.15) is 0 Å². The van der Waals surface area contributed by atoms with E-state index in [1.54, 1.807) is 0 Å². The van der Waals surface area contributed by atoms with Gasteiger partial charge in [0.25, 0.3) is 6.43 Å². The molecule has 0 aliphatic carbocycles. The zero-order valence-corrected chi connectivity index (χ0v) is 12.9. The van der Waals surface area contributed by atoms with Crippen molar-refractivity contribution in [2.75, 3.05) is 65.9 Å². The highest BCUT2D eigenvalue weighted by molar-refractivity contribution is 4.58. The Kier molecular flexibility index (Phi) is 15.8. The van der Waals surface area contributed by atoms with Gasteiger partial charge in [-0.25, -0.2) is 8.78 Å². The van der Waals surface area contributed by atoms with Crippen LogP contribution < -0.4 is 0 Å². The van der Waals surface area contributed by atoms with Crippen LogP contribution in [0.25, 0.3) is 0 Å². The van der Waals surface area contributed by atoms with Crippen LogP contribution >= 0.6 is 0 Å². The van der Waals surface area contributed by atoms with Crippen LogP contribution in [0.1, 0.15) is 19.8 Å². The highest BCUT2D eigenvalue weighted by Gasteiger charge is 2.10. The Morgan fingerprint density at radius 2 is 1.48 bits per heavy atom. The van der Waals surface area contributed by atoms with Crippen molar-refractivity contribution in [3.8, 4) is 0 Å². The van der Waals surface area contributed by atoms with E-state index in [4.69, 9.17) is 19.3 Å². The van der Waals surface area contributed by atoms with E-state index in [2.05, 4.69) is 6.92 Å². The number of nitrogens with zero attached hydrogens (tertiary/aromatic N) is 1. The third-order valence-electron chi connectivity index (χ3n) is 2.75. The maximum Gasteiger partial charge on any atom is 0.251 e. The number of hydrogen-bond donors (Lipinski definition) is 1. The van der Waals surface area contributed by atoms with Crippen molar-refractivity contribution in [3.05, 3.63) is 0 Å². The van der Waals surface area contributed by atoms with Crippen LogP contribution in [0.2, 0.25) is 0 Å². The minimum Gasteiger partial charge on any atom is -0.395 e. The second-order valence-corrected chi connectivity index (χ2v) is 4.61. The Morgan fingerprint density at radius 3 is 2.00 bits per heavy atom. The second kappa shape index (κ2) is 16.0. The zero-order valence-electron chi connectivity index (χ0n) is 12.9. The molecule has 0 rings (SSSR count). The van der Waals surface area contributed by atoms with Gasteiger partial charge >= 0.3 is 0 Å². The van der Waals surface area contributed by atoms with Gasteiger partial charge in [0.1, 0.15) is 0 Å². The Labute approximate surface area is 126 Å². The number of unbranched alkanes of at least 4 members (excludes halogenated alkanes) is 1. The van der Waals surface area contributed by atoms with Gasteiger partial charge in [-0.15, -0.1) is 0 Å². The van der Waals surface area contributed by atoms with Crippen LogP contribution in [0.15, 0.2) is 0 Å².